The molecule has 1 atom stereocenters. The van der Waals surface area contributed by atoms with Gasteiger partial charge in [0.1, 0.15) is 6.04 Å². The van der Waals surface area contributed by atoms with E-state index in [1.54, 1.807) is 30.3 Å². The molecule has 10 heteroatoms. The molecule has 1 saturated heterocycles. The Morgan fingerprint density at radius 1 is 0.949 bits per heavy atom. The fourth-order valence-corrected chi connectivity index (χ4v) is 6.29. The van der Waals surface area contributed by atoms with Gasteiger partial charge in [-0.05, 0) is 72.0 Å². The van der Waals surface area contributed by atoms with E-state index < -0.39 is 27.9 Å². The first-order valence-corrected chi connectivity index (χ1v) is 14.3. The van der Waals surface area contributed by atoms with Gasteiger partial charge >= 0.3 is 0 Å². The molecule has 206 valence electrons. The Kier molecular flexibility index (Phi) is 8.64. The molecule has 0 radical (unpaired) electrons. The van der Waals surface area contributed by atoms with Crippen LogP contribution in [0.4, 0.5) is 5.69 Å². The number of amides is 2. The number of benzene rings is 3. The number of imide groups is 1. The van der Waals surface area contributed by atoms with Crippen LogP contribution in [0.25, 0.3) is 0 Å². The summed E-state index contributed by atoms with van der Waals surface area (Å²) >= 11 is 5.99. The number of sulfonamides is 1. The lowest BCUT2D eigenvalue weighted by Crippen LogP contribution is -2.46. The first-order chi connectivity index (χ1) is 18.6. The first kappa shape index (κ1) is 28.6. The predicted molar refractivity (Wildman–Crippen MR) is 150 cm³/mol. The molecule has 3 aromatic rings. The van der Waals surface area contributed by atoms with Crippen LogP contribution in [0.15, 0.2) is 71.6 Å². The largest absolute Gasteiger partial charge is 0.493 e. The van der Waals surface area contributed by atoms with E-state index >= 15 is 0 Å². The molecule has 0 aliphatic carbocycles. The lowest BCUT2D eigenvalue weighted by molar-refractivity contribution is -0.122. The maximum absolute atomic E-state index is 13.8. The second-order valence-corrected chi connectivity index (χ2v) is 11.9. The van der Waals surface area contributed by atoms with E-state index in [1.165, 1.54) is 38.5 Å². The zero-order valence-electron chi connectivity index (χ0n) is 22.3. The van der Waals surface area contributed by atoms with Crippen LogP contribution in [-0.2, 0) is 26.0 Å². The van der Waals surface area contributed by atoms with E-state index in [2.05, 4.69) is 13.8 Å². The Labute approximate surface area is 234 Å². The van der Waals surface area contributed by atoms with Crippen LogP contribution in [-0.4, -0.2) is 51.3 Å². The maximum Gasteiger partial charge on any atom is 0.252 e. The monoisotopic (exact) mass is 570 g/mol. The highest BCUT2D eigenvalue weighted by molar-refractivity contribution is 7.89. The molecule has 0 aromatic heterocycles. The Hall–Kier alpha value is -3.40. The van der Waals surface area contributed by atoms with Crippen molar-refractivity contribution in [1.29, 1.82) is 0 Å². The number of hydrogen-bond donors (Lipinski definition) is 0. The third kappa shape index (κ3) is 5.95. The van der Waals surface area contributed by atoms with E-state index in [0.717, 1.165) is 20.3 Å². The van der Waals surface area contributed by atoms with Crippen molar-refractivity contribution in [3.05, 3.63) is 82.9 Å². The van der Waals surface area contributed by atoms with E-state index in [1.807, 2.05) is 12.1 Å². The maximum atomic E-state index is 13.8. The van der Waals surface area contributed by atoms with Gasteiger partial charge in [0.25, 0.3) is 5.91 Å². The number of ether oxygens (including phenoxy) is 2. The molecule has 8 nitrogen and oxygen atoms in total. The summed E-state index contributed by atoms with van der Waals surface area (Å²) in [6.45, 7) is 4.06. The Balaban J connectivity index is 1.68. The van der Waals surface area contributed by atoms with Crippen molar-refractivity contribution in [2.75, 3.05) is 25.7 Å². The molecule has 4 rings (SSSR count). The second-order valence-electron chi connectivity index (χ2n) is 9.54. The summed E-state index contributed by atoms with van der Waals surface area (Å²) in [5.74, 6) is 0.299. The Bertz CT molecular complexity index is 1460. The minimum absolute atomic E-state index is 0.0146. The minimum Gasteiger partial charge on any atom is -0.493 e. The third-order valence-corrected chi connectivity index (χ3v) is 8.95. The van der Waals surface area contributed by atoms with E-state index in [9.17, 15) is 18.0 Å². The fourth-order valence-electron chi connectivity index (χ4n) is 4.58. The molecule has 1 heterocycles. The average molecular weight is 571 g/mol. The van der Waals surface area contributed by atoms with E-state index in [4.69, 9.17) is 21.1 Å². The van der Waals surface area contributed by atoms with Crippen LogP contribution in [0.2, 0.25) is 5.02 Å². The normalized spacial score (nSPS) is 15.9. The molecule has 3 aromatic carbocycles. The van der Waals surface area contributed by atoms with Crippen molar-refractivity contribution < 1.29 is 27.5 Å². The second kappa shape index (κ2) is 11.8. The lowest BCUT2D eigenvalue weighted by Gasteiger charge is -2.27. The lowest BCUT2D eigenvalue weighted by atomic mass is 10.0. The molecular formula is C29H31ClN2O6S. The van der Waals surface area contributed by atoms with Crippen LogP contribution in [0.5, 0.6) is 11.5 Å². The standard InChI is InChI=1S/C29H31ClN2O6S/c1-19(2)21-6-10-23(11-7-21)32-28(33)18-25(29(32)34)31(39(35,36)24-12-8-22(30)9-13-24)16-15-20-5-14-26(37-3)27(17-20)38-4/h5-14,17,19,25H,15-16,18H2,1-4H3. The summed E-state index contributed by atoms with van der Waals surface area (Å²) in [4.78, 5) is 27.8. The van der Waals surface area contributed by atoms with Gasteiger partial charge in [0.05, 0.1) is 31.2 Å². The molecular weight excluding hydrogens is 540 g/mol. The minimum atomic E-state index is -4.16. The summed E-state index contributed by atoms with van der Waals surface area (Å²) in [6.07, 6.45) is 0.0117. The van der Waals surface area contributed by atoms with Crippen molar-refractivity contribution in [2.24, 2.45) is 0 Å². The molecule has 39 heavy (non-hydrogen) atoms. The summed E-state index contributed by atoms with van der Waals surface area (Å²) in [6, 6.07) is 17.0. The first-order valence-electron chi connectivity index (χ1n) is 12.5. The number of nitrogens with zero attached hydrogens (tertiary/aromatic N) is 2. The van der Waals surface area contributed by atoms with Gasteiger partial charge in [-0.1, -0.05) is 43.6 Å². The van der Waals surface area contributed by atoms with Gasteiger partial charge in [-0.2, -0.15) is 4.31 Å². The van der Waals surface area contributed by atoms with Crippen LogP contribution in [0, 0.1) is 0 Å². The van der Waals surface area contributed by atoms with Crippen molar-refractivity contribution in [3.63, 3.8) is 0 Å². The molecule has 1 fully saturated rings. The summed E-state index contributed by atoms with van der Waals surface area (Å²) in [5.41, 5.74) is 2.26. The Morgan fingerprint density at radius 2 is 1.59 bits per heavy atom. The molecule has 0 bridgehead atoms. The van der Waals surface area contributed by atoms with Crippen LogP contribution in [0.1, 0.15) is 37.3 Å². The van der Waals surface area contributed by atoms with Gasteiger partial charge in [-0.3, -0.25) is 9.59 Å². The number of carbonyl (C=O) groups is 2. The molecule has 0 N–H and O–H groups in total. The van der Waals surface area contributed by atoms with Gasteiger partial charge in [0.2, 0.25) is 15.9 Å². The van der Waals surface area contributed by atoms with Crippen LogP contribution < -0.4 is 14.4 Å². The van der Waals surface area contributed by atoms with Crippen molar-refractivity contribution >= 4 is 39.1 Å². The van der Waals surface area contributed by atoms with Gasteiger partial charge < -0.3 is 9.47 Å². The molecule has 2 amide bonds. The van der Waals surface area contributed by atoms with Gasteiger partial charge in [0, 0.05) is 11.6 Å². The summed E-state index contributed by atoms with van der Waals surface area (Å²) in [5, 5.41) is 0.383. The number of anilines is 1. The van der Waals surface area contributed by atoms with Crippen molar-refractivity contribution in [2.45, 2.75) is 43.5 Å². The molecule has 1 aliphatic rings. The number of carbonyl (C=O) groups excluding carboxylic acids is 2. The Morgan fingerprint density at radius 3 is 2.18 bits per heavy atom. The number of rotatable bonds is 10. The molecule has 1 unspecified atom stereocenters. The van der Waals surface area contributed by atoms with Crippen LogP contribution in [0.3, 0.4) is 0 Å². The summed E-state index contributed by atoms with van der Waals surface area (Å²) in [7, 11) is -1.11. The molecule has 0 saturated carbocycles. The molecule has 1 aliphatic heterocycles. The predicted octanol–water partition coefficient (Wildman–Crippen LogP) is 5.05. The van der Waals surface area contributed by atoms with Crippen molar-refractivity contribution in [3.8, 4) is 11.5 Å². The zero-order valence-corrected chi connectivity index (χ0v) is 23.8. The molecule has 0 spiro atoms. The van der Waals surface area contributed by atoms with Gasteiger partial charge in [0.15, 0.2) is 11.5 Å². The average Bonchev–Trinajstić information content (AvgIpc) is 3.21. The van der Waals surface area contributed by atoms with Crippen molar-refractivity contribution in [1.82, 2.24) is 4.31 Å². The van der Waals surface area contributed by atoms with E-state index in [0.29, 0.717) is 22.2 Å². The van der Waals surface area contributed by atoms with Crippen LogP contribution >= 0.6 is 11.6 Å². The van der Waals surface area contributed by atoms with E-state index in [-0.39, 0.29) is 30.2 Å². The number of hydrogen-bond acceptors (Lipinski definition) is 6. The highest BCUT2D eigenvalue weighted by Crippen LogP contribution is 2.32. The highest BCUT2D eigenvalue weighted by Gasteiger charge is 2.46. The topological polar surface area (TPSA) is 93.2 Å². The summed E-state index contributed by atoms with van der Waals surface area (Å²) < 4.78 is 39.5. The number of methoxy groups -OCH3 is 2. The SMILES string of the molecule is COc1ccc(CCN(C2CC(=O)N(c3ccc(C(C)C)cc3)C2=O)S(=O)(=O)c2ccc(Cl)cc2)cc1OC. The zero-order chi connectivity index (χ0) is 28.3. The third-order valence-electron chi connectivity index (χ3n) is 6.78. The van der Waals surface area contributed by atoms with Gasteiger partial charge in [-0.25, -0.2) is 13.3 Å². The van der Waals surface area contributed by atoms with Gasteiger partial charge in [-0.15, -0.1) is 0 Å². The highest BCUT2D eigenvalue weighted by atomic mass is 35.5. The fraction of sp³-hybridized carbons (Fsp3) is 0.310. The number of halogens is 1. The quantitative estimate of drug-likeness (QED) is 0.317. The smallest absolute Gasteiger partial charge is 0.252 e.